The molecule has 6 nitrogen and oxygen atoms in total. The van der Waals surface area contributed by atoms with Crippen molar-refractivity contribution in [1.29, 1.82) is 0 Å². The van der Waals surface area contributed by atoms with E-state index in [9.17, 15) is 9.59 Å². The second kappa shape index (κ2) is 8.08. The number of carbonyl (C=O) groups is 2. The van der Waals surface area contributed by atoms with E-state index in [4.69, 9.17) is 4.74 Å². The molecule has 1 aliphatic heterocycles. The SMILES string of the molecule is C=C(Br)CNC(=O)c1cccn1C1CCN(C(=O)OC(C)(C)C)CC1. The zero-order valence-corrected chi connectivity index (χ0v) is 16.6. The summed E-state index contributed by atoms with van der Waals surface area (Å²) in [6, 6.07) is 3.88. The molecule has 7 heteroatoms. The van der Waals surface area contributed by atoms with E-state index in [0.717, 1.165) is 17.3 Å². The summed E-state index contributed by atoms with van der Waals surface area (Å²) in [4.78, 5) is 26.2. The van der Waals surface area contributed by atoms with E-state index < -0.39 is 5.60 Å². The van der Waals surface area contributed by atoms with Gasteiger partial charge in [0.25, 0.3) is 5.91 Å². The highest BCUT2D eigenvalue weighted by Gasteiger charge is 2.28. The fraction of sp³-hybridized carbons (Fsp3) is 0.556. The third kappa shape index (κ3) is 5.63. The molecule has 0 aliphatic carbocycles. The van der Waals surface area contributed by atoms with Crippen molar-refractivity contribution in [3.63, 3.8) is 0 Å². The van der Waals surface area contributed by atoms with Gasteiger partial charge in [0, 0.05) is 36.4 Å². The number of nitrogens with zero attached hydrogens (tertiary/aromatic N) is 2. The van der Waals surface area contributed by atoms with Crippen molar-refractivity contribution in [1.82, 2.24) is 14.8 Å². The number of hydrogen-bond donors (Lipinski definition) is 1. The number of aromatic nitrogens is 1. The molecule has 0 unspecified atom stereocenters. The highest BCUT2D eigenvalue weighted by atomic mass is 79.9. The maximum atomic E-state index is 12.3. The number of rotatable bonds is 4. The van der Waals surface area contributed by atoms with Crippen LogP contribution in [0.2, 0.25) is 0 Å². The molecule has 2 heterocycles. The molecular formula is C18H26BrN3O3. The van der Waals surface area contributed by atoms with Crippen molar-refractivity contribution >= 4 is 27.9 Å². The summed E-state index contributed by atoms with van der Waals surface area (Å²) in [6.07, 6.45) is 3.23. The Labute approximate surface area is 157 Å². The zero-order chi connectivity index (χ0) is 18.6. The molecule has 0 spiro atoms. The summed E-state index contributed by atoms with van der Waals surface area (Å²) < 4.78 is 8.15. The summed E-state index contributed by atoms with van der Waals surface area (Å²) in [5.74, 6) is -0.125. The normalized spacial score (nSPS) is 15.8. The predicted molar refractivity (Wildman–Crippen MR) is 101 cm³/mol. The first-order chi connectivity index (χ1) is 11.7. The fourth-order valence-electron chi connectivity index (χ4n) is 2.82. The van der Waals surface area contributed by atoms with Gasteiger partial charge in [0.15, 0.2) is 0 Å². The minimum Gasteiger partial charge on any atom is -0.444 e. The van der Waals surface area contributed by atoms with Gasteiger partial charge in [-0.15, -0.1) is 0 Å². The Morgan fingerprint density at radius 1 is 1.36 bits per heavy atom. The lowest BCUT2D eigenvalue weighted by atomic mass is 10.0. The summed E-state index contributed by atoms with van der Waals surface area (Å²) >= 11 is 3.24. The van der Waals surface area contributed by atoms with Crippen LogP contribution in [0.3, 0.4) is 0 Å². The Morgan fingerprint density at radius 3 is 2.56 bits per heavy atom. The summed E-state index contributed by atoms with van der Waals surface area (Å²) in [5, 5.41) is 2.83. The number of hydrogen-bond acceptors (Lipinski definition) is 3. The first-order valence-electron chi connectivity index (χ1n) is 8.43. The summed E-state index contributed by atoms with van der Waals surface area (Å²) in [5.41, 5.74) is 0.142. The Bertz CT molecular complexity index is 640. The average Bonchev–Trinajstić information content (AvgIpc) is 3.00. The Morgan fingerprint density at radius 2 is 2.00 bits per heavy atom. The van der Waals surface area contributed by atoms with Crippen LogP contribution in [0.15, 0.2) is 29.4 Å². The lowest BCUT2D eigenvalue weighted by molar-refractivity contribution is 0.0187. The van der Waals surface area contributed by atoms with E-state index in [-0.39, 0.29) is 18.0 Å². The van der Waals surface area contributed by atoms with Crippen molar-refractivity contribution in [2.75, 3.05) is 19.6 Å². The maximum absolute atomic E-state index is 12.3. The van der Waals surface area contributed by atoms with Crippen molar-refractivity contribution in [2.45, 2.75) is 45.3 Å². The maximum Gasteiger partial charge on any atom is 0.410 e. The topological polar surface area (TPSA) is 63.6 Å². The molecule has 1 N–H and O–H groups in total. The second-order valence-corrected chi connectivity index (χ2v) is 8.32. The number of halogens is 1. The highest BCUT2D eigenvalue weighted by molar-refractivity contribution is 9.11. The van der Waals surface area contributed by atoms with Crippen molar-refractivity contribution < 1.29 is 14.3 Å². The van der Waals surface area contributed by atoms with Gasteiger partial charge < -0.3 is 19.5 Å². The lowest BCUT2D eigenvalue weighted by Gasteiger charge is -2.34. The zero-order valence-electron chi connectivity index (χ0n) is 15.0. The van der Waals surface area contributed by atoms with E-state index in [2.05, 4.69) is 27.8 Å². The van der Waals surface area contributed by atoms with Gasteiger partial charge >= 0.3 is 6.09 Å². The minimum absolute atomic E-state index is 0.125. The van der Waals surface area contributed by atoms with E-state index in [0.29, 0.717) is 25.3 Å². The highest BCUT2D eigenvalue weighted by Crippen LogP contribution is 2.25. The molecule has 1 aliphatic rings. The van der Waals surface area contributed by atoms with E-state index in [1.165, 1.54) is 0 Å². The quantitative estimate of drug-likeness (QED) is 0.821. The molecule has 0 bridgehead atoms. The molecule has 2 rings (SSSR count). The third-order valence-corrected chi connectivity index (χ3v) is 4.24. The van der Waals surface area contributed by atoms with Crippen LogP contribution in [-0.2, 0) is 4.74 Å². The summed E-state index contributed by atoms with van der Waals surface area (Å²) in [6.45, 7) is 10.9. The molecule has 1 saturated heterocycles. The smallest absolute Gasteiger partial charge is 0.410 e. The number of ether oxygens (including phenoxy) is 1. The number of likely N-dealkylation sites (tertiary alicyclic amines) is 1. The fourth-order valence-corrected chi connectivity index (χ4v) is 2.96. The molecule has 0 saturated carbocycles. The summed E-state index contributed by atoms with van der Waals surface area (Å²) in [7, 11) is 0. The van der Waals surface area contributed by atoms with Gasteiger partial charge in [0.2, 0.25) is 0 Å². The average molecular weight is 412 g/mol. The van der Waals surface area contributed by atoms with Gasteiger partial charge in [0.1, 0.15) is 11.3 Å². The number of amides is 2. The molecule has 0 atom stereocenters. The molecule has 0 radical (unpaired) electrons. The van der Waals surface area contributed by atoms with Crippen LogP contribution >= 0.6 is 15.9 Å². The molecular weight excluding hydrogens is 386 g/mol. The molecule has 2 amide bonds. The van der Waals surface area contributed by atoms with Gasteiger partial charge in [0.05, 0.1) is 0 Å². The molecule has 1 fully saturated rings. The lowest BCUT2D eigenvalue weighted by Crippen LogP contribution is -2.42. The second-order valence-electron chi connectivity index (χ2n) is 7.20. The first kappa shape index (κ1) is 19.6. The van der Waals surface area contributed by atoms with Gasteiger partial charge in [-0.1, -0.05) is 22.5 Å². The van der Waals surface area contributed by atoms with Crippen molar-refractivity contribution in [3.05, 3.63) is 35.1 Å². The van der Waals surface area contributed by atoms with E-state index in [1.807, 2.05) is 43.7 Å². The monoisotopic (exact) mass is 411 g/mol. The Balaban J connectivity index is 1.95. The molecule has 1 aromatic heterocycles. The van der Waals surface area contributed by atoms with E-state index in [1.54, 1.807) is 4.90 Å². The van der Waals surface area contributed by atoms with Crippen molar-refractivity contribution in [3.8, 4) is 0 Å². The largest absolute Gasteiger partial charge is 0.444 e. The van der Waals surface area contributed by atoms with Gasteiger partial charge in [-0.05, 0) is 45.7 Å². The predicted octanol–water partition coefficient (Wildman–Crippen LogP) is 3.70. The van der Waals surface area contributed by atoms with Crippen LogP contribution in [0.5, 0.6) is 0 Å². The van der Waals surface area contributed by atoms with Gasteiger partial charge in [-0.2, -0.15) is 0 Å². The van der Waals surface area contributed by atoms with Crippen LogP contribution in [0.25, 0.3) is 0 Å². The van der Waals surface area contributed by atoms with Gasteiger partial charge in [-0.25, -0.2) is 4.79 Å². The minimum atomic E-state index is -0.487. The van der Waals surface area contributed by atoms with Crippen LogP contribution in [-0.4, -0.2) is 46.7 Å². The Kier molecular flexibility index (Phi) is 6.32. The molecule has 1 aromatic rings. The van der Waals surface area contributed by atoms with Crippen LogP contribution in [0.1, 0.15) is 50.1 Å². The van der Waals surface area contributed by atoms with Crippen LogP contribution in [0, 0.1) is 0 Å². The van der Waals surface area contributed by atoms with Gasteiger partial charge in [-0.3, -0.25) is 4.79 Å². The van der Waals surface area contributed by atoms with E-state index >= 15 is 0 Å². The Hall–Kier alpha value is -1.76. The molecule has 25 heavy (non-hydrogen) atoms. The van der Waals surface area contributed by atoms with Crippen LogP contribution in [0.4, 0.5) is 4.79 Å². The molecule has 138 valence electrons. The standard InChI is InChI=1S/C18H26BrN3O3/c1-13(19)12-20-16(23)15-6-5-9-22(15)14-7-10-21(11-8-14)17(24)25-18(2,3)4/h5-6,9,14H,1,7-8,10-12H2,2-4H3,(H,20,23). The van der Waals surface area contributed by atoms with Crippen LogP contribution < -0.4 is 5.32 Å². The number of nitrogens with one attached hydrogen (secondary N) is 1. The molecule has 0 aromatic carbocycles. The first-order valence-corrected chi connectivity index (χ1v) is 9.23. The van der Waals surface area contributed by atoms with Crippen molar-refractivity contribution in [2.24, 2.45) is 0 Å². The third-order valence-electron chi connectivity index (χ3n) is 3.96. The number of piperidine rings is 1. The number of carbonyl (C=O) groups excluding carboxylic acids is 2.